The monoisotopic (exact) mass is 410 g/mol. The van der Waals surface area contributed by atoms with Gasteiger partial charge in [0.2, 0.25) is 0 Å². The number of rotatable bonds is 5. The standard InChI is InChI=1S/C11H15N4O7PS2/c1-25-11-13-8-5(9(24)14-11)12-3-15(8)10-7(17)6(16)4(22-10)2-21-23(18,19)20/h3-4,6-7,10,16-17H,2H2,1H3,(H,13,14,24)(H2,18,19,20)/t4-,6-,7-,10-/m1/s1. The Kier molecular flexibility index (Phi) is 5.40. The van der Waals surface area contributed by atoms with Crippen molar-refractivity contribution in [1.82, 2.24) is 19.5 Å². The maximum Gasteiger partial charge on any atom is 0.469 e. The zero-order valence-corrected chi connectivity index (χ0v) is 15.3. The van der Waals surface area contributed by atoms with Crippen LogP contribution < -0.4 is 0 Å². The maximum absolute atomic E-state index is 10.8. The molecule has 4 atom stereocenters. The van der Waals surface area contributed by atoms with Gasteiger partial charge in [0.15, 0.2) is 17.0 Å². The molecule has 3 heterocycles. The summed E-state index contributed by atoms with van der Waals surface area (Å²) in [5.41, 5.74) is 0.735. The summed E-state index contributed by atoms with van der Waals surface area (Å²) >= 11 is 5.55. The van der Waals surface area contributed by atoms with Crippen molar-refractivity contribution in [2.75, 3.05) is 12.9 Å². The Balaban J connectivity index is 1.90. The van der Waals surface area contributed by atoms with Crippen LogP contribution in [0.4, 0.5) is 0 Å². The van der Waals surface area contributed by atoms with Crippen LogP contribution >= 0.6 is 32.2 Å². The predicted octanol–water partition coefficient (Wildman–Crippen LogP) is -0.435. The lowest BCUT2D eigenvalue weighted by molar-refractivity contribution is -0.0504. The molecule has 2 aromatic heterocycles. The second-order valence-corrected chi connectivity index (χ2v) is 7.63. The van der Waals surface area contributed by atoms with E-state index < -0.39 is 39.0 Å². The molecule has 0 amide bonds. The first-order chi connectivity index (χ1) is 11.7. The summed E-state index contributed by atoms with van der Waals surface area (Å²) in [7, 11) is -4.73. The molecule has 1 fully saturated rings. The number of aliphatic hydroxyl groups is 2. The number of phosphoric ester groups is 1. The molecule has 4 N–H and O–H groups in total. The van der Waals surface area contributed by atoms with E-state index in [0.717, 1.165) is 0 Å². The summed E-state index contributed by atoms with van der Waals surface area (Å²) in [6.07, 6.45) is -1.85. The van der Waals surface area contributed by atoms with E-state index in [1.807, 2.05) is 0 Å². The second kappa shape index (κ2) is 7.10. The highest BCUT2D eigenvalue weighted by atomic mass is 32.2. The Labute approximate surface area is 151 Å². The summed E-state index contributed by atoms with van der Waals surface area (Å²) in [5, 5.41) is 21.1. The number of fused-ring (bicyclic) bond motifs is 1. The van der Waals surface area contributed by atoms with Crippen LogP contribution in [0.2, 0.25) is 0 Å². The molecule has 11 nitrogen and oxygen atoms in total. The first-order valence-corrected chi connectivity index (χ1v) is 10.1. The SMILES string of the molecule is CSc1nc(S)c2ncn([C@@H]3O[C@H](COP(=O)(O)O)[C@@H](O)[C@H]3O)c2n1. The van der Waals surface area contributed by atoms with Gasteiger partial charge in [0.1, 0.15) is 28.9 Å². The third-order valence-corrected chi connectivity index (χ3v) is 4.93. The minimum Gasteiger partial charge on any atom is -0.387 e. The molecule has 0 unspecified atom stereocenters. The van der Waals surface area contributed by atoms with Gasteiger partial charge in [-0.15, -0.1) is 12.6 Å². The smallest absolute Gasteiger partial charge is 0.387 e. The van der Waals surface area contributed by atoms with Crippen molar-refractivity contribution in [2.45, 2.75) is 34.7 Å². The molecule has 0 radical (unpaired) electrons. The first-order valence-electron chi connectivity index (χ1n) is 6.90. The summed E-state index contributed by atoms with van der Waals surface area (Å²) in [5.74, 6) is 0. The number of aliphatic hydroxyl groups excluding tert-OH is 2. The van der Waals surface area contributed by atoms with Gasteiger partial charge in [-0.05, 0) is 6.26 Å². The average Bonchev–Trinajstić information content (AvgIpc) is 3.08. The Morgan fingerprint density at radius 3 is 2.76 bits per heavy atom. The highest BCUT2D eigenvalue weighted by molar-refractivity contribution is 7.98. The highest BCUT2D eigenvalue weighted by Gasteiger charge is 2.45. The summed E-state index contributed by atoms with van der Waals surface area (Å²) in [6.45, 7) is -0.589. The van der Waals surface area contributed by atoms with E-state index in [2.05, 4.69) is 32.1 Å². The number of hydrogen-bond donors (Lipinski definition) is 5. The fraction of sp³-hybridized carbons (Fsp3) is 0.545. The molecule has 14 heteroatoms. The van der Waals surface area contributed by atoms with Gasteiger partial charge < -0.3 is 24.7 Å². The molecule has 0 saturated carbocycles. The summed E-state index contributed by atoms with van der Waals surface area (Å²) in [6, 6.07) is 0. The maximum atomic E-state index is 10.8. The Morgan fingerprint density at radius 1 is 1.40 bits per heavy atom. The number of aromatic nitrogens is 4. The van der Waals surface area contributed by atoms with Crippen LogP contribution in [0.25, 0.3) is 11.2 Å². The van der Waals surface area contributed by atoms with E-state index in [9.17, 15) is 14.8 Å². The minimum absolute atomic E-state index is 0.345. The van der Waals surface area contributed by atoms with Crippen molar-refractivity contribution >= 4 is 43.4 Å². The molecule has 25 heavy (non-hydrogen) atoms. The lowest BCUT2D eigenvalue weighted by Crippen LogP contribution is -2.33. The van der Waals surface area contributed by atoms with E-state index in [1.54, 1.807) is 6.26 Å². The lowest BCUT2D eigenvalue weighted by atomic mass is 10.1. The predicted molar refractivity (Wildman–Crippen MR) is 88.3 cm³/mol. The second-order valence-electron chi connectivity index (χ2n) is 5.19. The van der Waals surface area contributed by atoms with Gasteiger partial charge in [-0.1, -0.05) is 11.8 Å². The Bertz CT molecular complexity index is 830. The zero-order valence-electron chi connectivity index (χ0n) is 12.7. The molecular formula is C11H15N4O7PS2. The van der Waals surface area contributed by atoms with Crippen molar-refractivity contribution < 1.29 is 33.8 Å². The topological polar surface area (TPSA) is 160 Å². The van der Waals surface area contributed by atoms with Gasteiger partial charge >= 0.3 is 7.82 Å². The van der Waals surface area contributed by atoms with E-state index in [4.69, 9.17) is 14.5 Å². The average molecular weight is 410 g/mol. The molecule has 0 bridgehead atoms. The third kappa shape index (κ3) is 3.84. The van der Waals surface area contributed by atoms with E-state index in [0.29, 0.717) is 21.3 Å². The molecule has 138 valence electrons. The Hall–Kier alpha value is -0.760. The highest BCUT2D eigenvalue weighted by Crippen LogP contribution is 2.39. The molecule has 0 aromatic carbocycles. The van der Waals surface area contributed by atoms with Crippen molar-refractivity contribution in [3.8, 4) is 0 Å². The summed E-state index contributed by atoms with van der Waals surface area (Å²) < 4.78 is 22.1. The molecule has 0 spiro atoms. The minimum atomic E-state index is -4.73. The van der Waals surface area contributed by atoms with Gasteiger partial charge in [0.25, 0.3) is 0 Å². The molecule has 3 rings (SSSR count). The van der Waals surface area contributed by atoms with E-state index in [1.165, 1.54) is 22.7 Å². The van der Waals surface area contributed by atoms with Crippen LogP contribution in [0.1, 0.15) is 6.23 Å². The number of phosphoric acid groups is 1. The van der Waals surface area contributed by atoms with Crippen LogP contribution in [0.15, 0.2) is 16.5 Å². The fourth-order valence-corrected chi connectivity index (χ4v) is 3.45. The van der Waals surface area contributed by atoms with Crippen LogP contribution in [0, 0.1) is 0 Å². The van der Waals surface area contributed by atoms with E-state index in [-0.39, 0.29) is 0 Å². The number of imidazole rings is 1. The molecule has 0 aliphatic carbocycles. The lowest BCUT2D eigenvalue weighted by Gasteiger charge is -2.16. The zero-order chi connectivity index (χ0) is 18.4. The van der Waals surface area contributed by atoms with Crippen LogP contribution in [-0.2, 0) is 13.8 Å². The molecule has 2 aromatic rings. The number of nitrogens with zero attached hydrogens (tertiary/aromatic N) is 4. The molecular weight excluding hydrogens is 395 g/mol. The fourth-order valence-electron chi connectivity index (χ4n) is 2.43. The van der Waals surface area contributed by atoms with Crippen molar-refractivity contribution in [2.24, 2.45) is 0 Å². The van der Waals surface area contributed by atoms with Crippen LogP contribution in [0.5, 0.6) is 0 Å². The molecule has 1 aliphatic rings. The first kappa shape index (κ1) is 19.0. The van der Waals surface area contributed by atoms with Crippen molar-refractivity contribution in [3.05, 3.63) is 6.33 Å². The largest absolute Gasteiger partial charge is 0.469 e. The number of thioether (sulfide) groups is 1. The van der Waals surface area contributed by atoms with Crippen LogP contribution in [-0.4, -0.2) is 70.7 Å². The van der Waals surface area contributed by atoms with Gasteiger partial charge in [-0.2, -0.15) is 0 Å². The van der Waals surface area contributed by atoms with Gasteiger partial charge in [0.05, 0.1) is 12.9 Å². The van der Waals surface area contributed by atoms with Gasteiger partial charge in [-0.25, -0.2) is 19.5 Å². The number of ether oxygens (including phenoxy) is 1. The van der Waals surface area contributed by atoms with Crippen LogP contribution in [0.3, 0.4) is 0 Å². The number of thiol groups is 1. The van der Waals surface area contributed by atoms with E-state index >= 15 is 0 Å². The molecule has 1 saturated heterocycles. The van der Waals surface area contributed by atoms with Gasteiger partial charge in [0, 0.05) is 0 Å². The quantitative estimate of drug-likeness (QED) is 0.143. The van der Waals surface area contributed by atoms with Crippen molar-refractivity contribution in [1.29, 1.82) is 0 Å². The third-order valence-electron chi connectivity index (χ3n) is 3.58. The van der Waals surface area contributed by atoms with Crippen molar-refractivity contribution in [3.63, 3.8) is 0 Å². The van der Waals surface area contributed by atoms with Gasteiger partial charge in [-0.3, -0.25) is 9.09 Å². The Morgan fingerprint density at radius 2 is 2.12 bits per heavy atom. The summed E-state index contributed by atoms with van der Waals surface area (Å²) in [4.78, 5) is 30.1. The molecule has 1 aliphatic heterocycles. The normalized spacial score (nSPS) is 27.3. The number of hydrogen-bond acceptors (Lipinski definition) is 10.